The van der Waals surface area contributed by atoms with Crippen LogP contribution in [-0.4, -0.2) is 23.8 Å². The summed E-state index contributed by atoms with van der Waals surface area (Å²) in [5, 5.41) is 0.978. The molecule has 0 unspecified atom stereocenters. The Morgan fingerprint density at radius 1 is 1.63 bits per heavy atom. The molecule has 1 atom stereocenters. The molecule has 0 amide bonds. The van der Waals surface area contributed by atoms with Crippen LogP contribution < -0.4 is 5.73 Å². The van der Waals surface area contributed by atoms with E-state index < -0.39 is 0 Å². The van der Waals surface area contributed by atoms with Gasteiger partial charge in [-0.25, -0.2) is 4.98 Å². The maximum atomic E-state index is 11.4. The average molecular weight is 280 g/mol. The number of carbonyl (C=O) groups is 1. The van der Waals surface area contributed by atoms with E-state index in [1.165, 1.54) is 7.11 Å². The monoisotopic (exact) mass is 280 g/mol. The van der Waals surface area contributed by atoms with Crippen molar-refractivity contribution in [2.24, 2.45) is 11.1 Å². The van der Waals surface area contributed by atoms with E-state index in [0.717, 1.165) is 29.2 Å². The minimum absolute atomic E-state index is 0.0207. The third-order valence-electron chi connectivity index (χ3n) is 3.52. The van der Waals surface area contributed by atoms with E-state index in [4.69, 9.17) is 10.5 Å². The van der Waals surface area contributed by atoms with Crippen molar-refractivity contribution >= 4 is 17.7 Å². The third kappa shape index (κ3) is 3.94. The molecular weight excluding hydrogens is 260 g/mol. The van der Waals surface area contributed by atoms with Gasteiger partial charge in [0.25, 0.3) is 0 Å². The summed E-state index contributed by atoms with van der Waals surface area (Å²) in [6.07, 6.45) is 4.51. The van der Waals surface area contributed by atoms with Gasteiger partial charge in [-0.1, -0.05) is 0 Å². The zero-order valence-electron chi connectivity index (χ0n) is 11.4. The predicted molar refractivity (Wildman–Crippen MR) is 75.9 cm³/mol. The molecule has 1 aliphatic rings. The summed E-state index contributed by atoms with van der Waals surface area (Å²) >= 11 is 1.70. The molecule has 1 fully saturated rings. The highest BCUT2D eigenvalue weighted by Crippen LogP contribution is 2.52. The van der Waals surface area contributed by atoms with E-state index in [1.54, 1.807) is 18.0 Å². The lowest BCUT2D eigenvalue weighted by molar-refractivity contribution is -0.141. The molecule has 104 valence electrons. The van der Waals surface area contributed by atoms with Crippen LogP contribution in [0, 0.1) is 5.41 Å². The molecule has 0 aliphatic heterocycles. The van der Waals surface area contributed by atoms with Crippen molar-refractivity contribution in [1.29, 1.82) is 0 Å². The van der Waals surface area contributed by atoms with Gasteiger partial charge >= 0.3 is 5.97 Å². The quantitative estimate of drug-likeness (QED) is 0.641. The fourth-order valence-corrected chi connectivity index (χ4v) is 3.14. The molecule has 1 aliphatic carbocycles. The number of hydrogen-bond donors (Lipinski definition) is 1. The lowest BCUT2D eigenvalue weighted by Crippen LogP contribution is -2.13. The number of esters is 1. The maximum Gasteiger partial charge on any atom is 0.306 e. The first kappa shape index (κ1) is 14.3. The maximum absolute atomic E-state index is 11.4. The summed E-state index contributed by atoms with van der Waals surface area (Å²) in [6.45, 7) is 1.96. The van der Waals surface area contributed by atoms with Gasteiger partial charge in [-0.2, -0.15) is 0 Å². The standard InChI is InChI=1S/C14H20N2O2S/c1-10(15)11-3-6-16-12(7-11)19-9-14(4-5-14)8-13(17)18-2/h3,6-7,10H,4-5,8-9,15H2,1-2H3/t10-/m1/s1. The Kier molecular flexibility index (Phi) is 4.47. The molecule has 1 saturated carbocycles. The van der Waals surface area contributed by atoms with Crippen LogP contribution in [0.1, 0.15) is 37.8 Å². The third-order valence-corrected chi connectivity index (χ3v) is 4.79. The number of pyridine rings is 1. The zero-order chi connectivity index (χ0) is 13.9. The molecule has 1 aromatic heterocycles. The van der Waals surface area contributed by atoms with Crippen molar-refractivity contribution in [3.8, 4) is 0 Å². The minimum Gasteiger partial charge on any atom is -0.469 e. The van der Waals surface area contributed by atoms with Crippen LogP contribution in [0.25, 0.3) is 0 Å². The fraction of sp³-hybridized carbons (Fsp3) is 0.571. The molecule has 0 bridgehead atoms. The topological polar surface area (TPSA) is 65.2 Å². The molecule has 5 heteroatoms. The highest BCUT2D eigenvalue weighted by Gasteiger charge is 2.44. The number of ether oxygens (including phenoxy) is 1. The minimum atomic E-state index is -0.115. The van der Waals surface area contributed by atoms with E-state index in [1.807, 2.05) is 19.1 Å². The number of hydrogen-bond acceptors (Lipinski definition) is 5. The number of rotatable bonds is 6. The van der Waals surface area contributed by atoms with Crippen molar-refractivity contribution in [2.45, 2.75) is 37.3 Å². The molecule has 0 spiro atoms. The number of carbonyl (C=O) groups excluding carboxylic acids is 1. The van der Waals surface area contributed by atoms with Crippen molar-refractivity contribution < 1.29 is 9.53 Å². The van der Waals surface area contributed by atoms with E-state index in [-0.39, 0.29) is 17.4 Å². The summed E-state index contributed by atoms with van der Waals surface area (Å²) in [5.41, 5.74) is 7.08. The molecule has 19 heavy (non-hydrogen) atoms. The number of nitrogens with zero attached hydrogens (tertiary/aromatic N) is 1. The summed E-state index contributed by atoms with van der Waals surface area (Å²) < 4.78 is 4.75. The highest BCUT2D eigenvalue weighted by molar-refractivity contribution is 7.99. The van der Waals surface area contributed by atoms with Crippen molar-refractivity contribution in [2.75, 3.05) is 12.9 Å². The molecule has 2 rings (SSSR count). The second-order valence-electron chi connectivity index (χ2n) is 5.26. The van der Waals surface area contributed by atoms with Crippen LogP contribution in [0.15, 0.2) is 23.4 Å². The van der Waals surface area contributed by atoms with E-state index in [9.17, 15) is 4.79 Å². The van der Waals surface area contributed by atoms with Crippen LogP contribution in [0.5, 0.6) is 0 Å². The number of thioether (sulfide) groups is 1. The summed E-state index contributed by atoms with van der Waals surface area (Å²) in [5.74, 6) is 0.799. The zero-order valence-corrected chi connectivity index (χ0v) is 12.2. The molecule has 1 heterocycles. The second-order valence-corrected chi connectivity index (χ2v) is 6.25. The highest BCUT2D eigenvalue weighted by atomic mass is 32.2. The van der Waals surface area contributed by atoms with Crippen LogP contribution >= 0.6 is 11.8 Å². The van der Waals surface area contributed by atoms with Gasteiger partial charge < -0.3 is 10.5 Å². The fourth-order valence-electron chi connectivity index (χ4n) is 1.94. The van der Waals surface area contributed by atoms with E-state index in [0.29, 0.717) is 6.42 Å². The van der Waals surface area contributed by atoms with Crippen LogP contribution in [0.4, 0.5) is 0 Å². The summed E-state index contributed by atoms with van der Waals surface area (Å²) in [7, 11) is 1.44. The van der Waals surface area contributed by atoms with Gasteiger partial charge in [0.1, 0.15) is 0 Å². The van der Waals surface area contributed by atoms with Gasteiger partial charge in [-0.3, -0.25) is 4.79 Å². The Labute approximate surface area is 118 Å². The molecule has 4 nitrogen and oxygen atoms in total. The summed E-state index contributed by atoms with van der Waals surface area (Å²) in [4.78, 5) is 15.7. The van der Waals surface area contributed by atoms with Crippen molar-refractivity contribution in [3.63, 3.8) is 0 Å². The van der Waals surface area contributed by atoms with Gasteiger partial charge in [0.15, 0.2) is 0 Å². The SMILES string of the molecule is COC(=O)CC1(CSc2cc([C@@H](C)N)ccn2)CC1. The first-order valence-electron chi connectivity index (χ1n) is 6.46. The molecule has 0 saturated heterocycles. The van der Waals surface area contributed by atoms with E-state index in [2.05, 4.69) is 4.98 Å². The Hall–Kier alpha value is -1.07. The van der Waals surface area contributed by atoms with Gasteiger partial charge in [0, 0.05) is 18.0 Å². The number of methoxy groups -OCH3 is 1. The molecule has 0 aromatic carbocycles. The predicted octanol–water partition coefficient (Wildman–Crippen LogP) is 2.54. The first-order valence-corrected chi connectivity index (χ1v) is 7.44. The van der Waals surface area contributed by atoms with Crippen LogP contribution in [-0.2, 0) is 9.53 Å². The lowest BCUT2D eigenvalue weighted by Gasteiger charge is -2.13. The number of aromatic nitrogens is 1. The van der Waals surface area contributed by atoms with E-state index >= 15 is 0 Å². The van der Waals surface area contributed by atoms with Crippen molar-refractivity contribution in [3.05, 3.63) is 23.9 Å². The Bertz CT molecular complexity index is 459. The van der Waals surface area contributed by atoms with Crippen molar-refractivity contribution in [1.82, 2.24) is 4.98 Å². The smallest absolute Gasteiger partial charge is 0.306 e. The molecule has 2 N–H and O–H groups in total. The normalized spacial score (nSPS) is 17.8. The number of nitrogens with two attached hydrogens (primary N) is 1. The molecule has 0 radical (unpaired) electrons. The largest absolute Gasteiger partial charge is 0.469 e. The average Bonchev–Trinajstić information content (AvgIpc) is 3.17. The summed E-state index contributed by atoms with van der Waals surface area (Å²) in [6, 6.07) is 3.99. The first-order chi connectivity index (χ1) is 9.04. The van der Waals surface area contributed by atoms with Gasteiger partial charge in [-0.05, 0) is 42.9 Å². The van der Waals surface area contributed by atoms with Crippen LogP contribution in [0.2, 0.25) is 0 Å². The second kappa shape index (κ2) is 5.92. The van der Waals surface area contributed by atoms with Gasteiger partial charge in [0.2, 0.25) is 0 Å². The Balaban J connectivity index is 1.92. The molecular formula is C14H20N2O2S. The van der Waals surface area contributed by atoms with Gasteiger partial charge in [0.05, 0.1) is 18.6 Å². The van der Waals surface area contributed by atoms with Crippen LogP contribution in [0.3, 0.4) is 0 Å². The lowest BCUT2D eigenvalue weighted by atomic mass is 10.1. The Morgan fingerprint density at radius 2 is 2.37 bits per heavy atom. The van der Waals surface area contributed by atoms with Gasteiger partial charge in [-0.15, -0.1) is 11.8 Å². The molecule has 1 aromatic rings. The Morgan fingerprint density at radius 3 is 2.95 bits per heavy atom.